The molecular formula is C12H20N6. The Morgan fingerprint density at radius 3 is 2.56 bits per heavy atom. The number of nitrogens with zero attached hydrogens (tertiary/aromatic N) is 4. The standard InChI is InChI=1S/C12H20N6/c1-8(2)11-10(13)12(18(4)16-11)14-7-9-5-6-17(3)15-9/h5-6,8,14H,7,13H2,1-4H3. The molecule has 0 radical (unpaired) electrons. The molecular weight excluding hydrogens is 228 g/mol. The van der Waals surface area contributed by atoms with Gasteiger partial charge in [0, 0.05) is 20.3 Å². The monoisotopic (exact) mass is 248 g/mol. The number of hydrogen-bond donors (Lipinski definition) is 2. The molecule has 0 fully saturated rings. The van der Waals surface area contributed by atoms with Crippen molar-refractivity contribution in [1.82, 2.24) is 19.6 Å². The molecule has 0 aliphatic rings. The molecule has 98 valence electrons. The van der Waals surface area contributed by atoms with Crippen molar-refractivity contribution >= 4 is 11.5 Å². The highest BCUT2D eigenvalue weighted by Crippen LogP contribution is 2.27. The zero-order chi connectivity index (χ0) is 13.3. The van der Waals surface area contributed by atoms with E-state index < -0.39 is 0 Å². The predicted octanol–water partition coefficient (Wildman–Crippen LogP) is 1.47. The molecule has 2 heterocycles. The van der Waals surface area contributed by atoms with Crippen LogP contribution in [0.2, 0.25) is 0 Å². The molecule has 6 nitrogen and oxygen atoms in total. The van der Waals surface area contributed by atoms with E-state index in [0.29, 0.717) is 12.5 Å². The minimum atomic E-state index is 0.321. The fourth-order valence-electron chi connectivity index (χ4n) is 1.93. The molecule has 0 amide bonds. The van der Waals surface area contributed by atoms with E-state index in [-0.39, 0.29) is 0 Å². The Balaban J connectivity index is 2.14. The summed E-state index contributed by atoms with van der Waals surface area (Å²) in [6.07, 6.45) is 1.92. The molecule has 0 aromatic carbocycles. The van der Waals surface area contributed by atoms with Gasteiger partial charge in [-0.25, -0.2) is 0 Å². The first-order valence-electron chi connectivity index (χ1n) is 6.03. The normalized spacial score (nSPS) is 11.2. The van der Waals surface area contributed by atoms with Crippen LogP contribution in [-0.2, 0) is 20.6 Å². The Hall–Kier alpha value is -1.98. The molecule has 0 aliphatic heterocycles. The van der Waals surface area contributed by atoms with E-state index in [2.05, 4.69) is 29.4 Å². The first-order valence-corrected chi connectivity index (χ1v) is 6.03. The van der Waals surface area contributed by atoms with Crippen LogP contribution in [0.1, 0.15) is 31.2 Å². The first kappa shape index (κ1) is 12.5. The van der Waals surface area contributed by atoms with Gasteiger partial charge in [-0.3, -0.25) is 9.36 Å². The fourth-order valence-corrected chi connectivity index (χ4v) is 1.93. The number of aromatic nitrogens is 4. The van der Waals surface area contributed by atoms with Gasteiger partial charge in [0.2, 0.25) is 0 Å². The summed E-state index contributed by atoms with van der Waals surface area (Å²) in [5, 5.41) is 12.0. The lowest BCUT2D eigenvalue weighted by atomic mass is 10.1. The van der Waals surface area contributed by atoms with Gasteiger partial charge in [-0.15, -0.1) is 0 Å². The molecule has 18 heavy (non-hydrogen) atoms. The van der Waals surface area contributed by atoms with Gasteiger partial charge in [-0.2, -0.15) is 10.2 Å². The number of rotatable bonds is 4. The van der Waals surface area contributed by atoms with Gasteiger partial charge in [-0.05, 0) is 12.0 Å². The summed E-state index contributed by atoms with van der Waals surface area (Å²) in [7, 11) is 3.79. The van der Waals surface area contributed by atoms with E-state index in [0.717, 1.165) is 22.9 Å². The van der Waals surface area contributed by atoms with Gasteiger partial charge in [-0.1, -0.05) is 13.8 Å². The lowest BCUT2D eigenvalue weighted by Gasteiger charge is -2.06. The summed E-state index contributed by atoms with van der Waals surface area (Å²) in [5.41, 5.74) is 8.74. The molecule has 0 saturated carbocycles. The highest BCUT2D eigenvalue weighted by molar-refractivity contribution is 5.65. The maximum Gasteiger partial charge on any atom is 0.148 e. The number of aryl methyl sites for hydroxylation is 2. The van der Waals surface area contributed by atoms with Crippen LogP contribution in [0.25, 0.3) is 0 Å². The van der Waals surface area contributed by atoms with Gasteiger partial charge >= 0.3 is 0 Å². The zero-order valence-corrected chi connectivity index (χ0v) is 11.3. The highest BCUT2D eigenvalue weighted by atomic mass is 15.3. The Kier molecular flexibility index (Phi) is 3.27. The van der Waals surface area contributed by atoms with E-state index in [1.54, 1.807) is 9.36 Å². The van der Waals surface area contributed by atoms with Gasteiger partial charge in [0.05, 0.1) is 23.6 Å². The van der Waals surface area contributed by atoms with Crippen molar-refractivity contribution < 1.29 is 0 Å². The Labute approximate surface area is 107 Å². The summed E-state index contributed by atoms with van der Waals surface area (Å²) < 4.78 is 3.57. The summed E-state index contributed by atoms with van der Waals surface area (Å²) in [4.78, 5) is 0. The predicted molar refractivity (Wildman–Crippen MR) is 72.2 cm³/mol. The van der Waals surface area contributed by atoms with E-state index in [4.69, 9.17) is 5.73 Å². The quantitative estimate of drug-likeness (QED) is 0.859. The molecule has 2 rings (SSSR count). The van der Waals surface area contributed by atoms with E-state index in [1.165, 1.54) is 0 Å². The average molecular weight is 248 g/mol. The minimum Gasteiger partial charge on any atom is -0.394 e. The zero-order valence-electron chi connectivity index (χ0n) is 11.3. The lowest BCUT2D eigenvalue weighted by molar-refractivity contribution is 0.712. The molecule has 0 atom stereocenters. The Bertz CT molecular complexity index is 537. The second-order valence-electron chi connectivity index (χ2n) is 4.76. The van der Waals surface area contributed by atoms with E-state index in [1.807, 2.05) is 26.4 Å². The van der Waals surface area contributed by atoms with Crippen molar-refractivity contribution in [3.63, 3.8) is 0 Å². The van der Waals surface area contributed by atoms with Crippen molar-refractivity contribution in [1.29, 1.82) is 0 Å². The summed E-state index contributed by atoms with van der Waals surface area (Å²) >= 11 is 0. The number of nitrogen functional groups attached to an aromatic ring is 1. The fraction of sp³-hybridized carbons (Fsp3) is 0.500. The van der Waals surface area contributed by atoms with Crippen LogP contribution in [0.3, 0.4) is 0 Å². The van der Waals surface area contributed by atoms with E-state index >= 15 is 0 Å². The highest BCUT2D eigenvalue weighted by Gasteiger charge is 2.15. The third kappa shape index (κ3) is 2.32. The van der Waals surface area contributed by atoms with Gasteiger partial charge in [0.1, 0.15) is 5.82 Å². The van der Waals surface area contributed by atoms with Crippen LogP contribution in [0.15, 0.2) is 12.3 Å². The summed E-state index contributed by atoms with van der Waals surface area (Å²) in [6, 6.07) is 1.98. The van der Waals surface area contributed by atoms with Crippen LogP contribution in [0, 0.1) is 0 Å². The number of nitrogens with two attached hydrogens (primary N) is 1. The Morgan fingerprint density at radius 1 is 1.33 bits per heavy atom. The summed E-state index contributed by atoms with van der Waals surface area (Å²) in [6.45, 7) is 4.81. The molecule has 2 aromatic heterocycles. The molecule has 0 aliphatic carbocycles. The topological polar surface area (TPSA) is 73.7 Å². The van der Waals surface area contributed by atoms with E-state index in [9.17, 15) is 0 Å². The maximum atomic E-state index is 6.10. The minimum absolute atomic E-state index is 0.321. The van der Waals surface area contributed by atoms with Crippen LogP contribution in [0.4, 0.5) is 11.5 Å². The third-order valence-corrected chi connectivity index (χ3v) is 2.87. The first-order chi connectivity index (χ1) is 8.49. The van der Waals surface area contributed by atoms with Crippen molar-refractivity contribution in [2.45, 2.75) is 26.3 Å². The summed E-state index contributed by atoms with van der Waals surface area (Å²) in [5.74, 6) is 1.17. The number of nitrogens with one attached hydrogen (secondary N) is 1. The largest absolute Gasteiger partial charge is 0.394 e. The van der Waals surface area contributed by atoms with Gasteiger partial charge < -0.3 is 11.1 Å². The van der Waals surface area contributed by atoms with Crippen LogP contribution in [0.5, 0.6) is 0 Å². The SMILES string of the molecule is CC(C)c1nn(C)c(NCc2ccn(C)n2)c1N. The maximum absolute atomic E-state index is 6.10. The van der Waals surface area contributed by atoms with Crippen molar-refractivity contribution in [3.8, 4) is 0 Å². The van der Waals surface area contributed by atoms with Gasteiger partial charge in [0.15, 0.2) is 0 Å². The smallest absolute Gasteiger partial charge is 0.148 e. The third-order valence-electron chi connectivity index (χ3n) is 2.87. The number of anilines is 2. The lowest BCUT2D eigenvalue weighted by Crippen LogP contribution is -2.07. The van der Waals surface area contributed by atoms with Crippen LogP contribution >= 0.6 is 0 Å². The van der Waals surface area contributed by atoms with Gasteiger partial charge in [0.25, 0.3) is 0 Å². The van der Waals surface area contributed by atoms with Crippen molar-refractivity contribution in [3.05, 3.63) is 23.7 Å². The average Bonchev–Trinajstić information content (AvgIpc) is 2.82. The molecule has 2 aromatic rings. The molecule has 0 spiro atoms. The number of hydrogen-bond acceptors (Lipinski definition) is 4. The van der Waals surface area contributed by atoms with Crippen molar-refractivity contribution in [2.24, 2.45) is 14.1 Å². The molecule has 0 saturated heterocycles. The Morgan fingerprint density at radius 2 is 2.06 bits per heavy atom. The molecule has 3 N–H and O–H groups in total. The van der Waals surface area contributed by atoms with Crippen molar-refractivity contribution in [2.75, 3.05) is 11.1 Å². The second-order valence-corrected chi connectivity index (χ2v) is 4.76. The van der Waals surface area contributed by atoms with Crippen LogP contribution in [-0.4, -0.2) is 19.6 Å². The van der Waals surface area contributed by atoms with Crippen LogP contribution < -0.4 is 11.1 Å². The molecule has 0 unspecified atom stereocenters. The molecule has 0 bridgehead atoms. The molecule has 6 heteroatoms. The second kappa shape index (κ2) is 4.72.